The van der Waals surface area contributed by atoms with Crippen molar-refractivity contribution in [3.05, 3.63) is 0 Å². The summed E-state index contributed by atoms with van der Waals surface area (Å²) in [6.07, 6.45) is 1.21. The summed E-state index contributed by atoms with van der Waals surface area (Å²) < 4.78 is 10.2. The highest BCUT2D eigenvalue weighted by Gasteiger charge is 2.57. The molecule has 0 radical (unpaired) electrons. The van der Waals surface area contributed by atoms with Gasteiger partial charge < -0.3 is 15.2 Å². The second-order valence-electron chi connectivity index (χ2n) is 6.23. The Morgan fingerprint density at radius 2 is 1.79 bits per heavy atom. The molecule has 2 aliphatic heterocycles. The lowest BCUT2D eigenvalue weighted by molar-refractivity contribution is -0.146. The average molecular weight is 270 g/mol. The highest BCUT2D eigenvalue weighted by molar-refractivity contribution is 5.78. The van der Waals surface area contributed by atoms with Crippen LogP contribution in [0, 0.1) is 5.92 Å². The molecule has 2 saturated heterocycles. The van der Waals surface area contributed by atoms with Crippen LogP contribution in [-0.2, 0) is 14.3 Å². The van der Waals surface area contributed by atoms with Crippen LogP contribution in [0.2, 0.25) is 0 Å². The number of nitrogens with two attached hydrogens (primary N) is 1. The molecule has 108 valence electrons. The molecule has 1 amide bonds. The number of rotatable bonds is 1. The molecule has 0 aromatic carbocycles. The van der Waals surface area contributed by atoms with E-state index < -0.39 is 11.5 Å². The van der Waals surface area contributed by atoms with Gasteiger partial charge in [0.1, 0.15) is 5.60 Å². The molecule has 2 fully saturated rings. The minimum Gasteiger partial charge on any atom is -0.469 e. The third-order valence-electron chi connectivity index (χ3n) is 3.82. The van der Waals surface area contributed by atoms with E-state index in [-0.39, 0.29) is 30.2 Å². The Morgan fingerprint density at radius 1 is 1.21 bits per heavy atom. The maximum absolute atomic E-state index is 12.2. The number of amides is 1. The molecule has 0 saturated carbocycles. The SMILES string of the molecule is COC(=O)C1C(N)C2CCC1N2C(=O)OC(C)(C)C. The number of hydrogen-bond donors (Lipinski definition) is 1. The van der Waals surface area contributed by atoms with Gasteiger partial charge in [-0.25, -0.2) is 4.79 Å². The highest BCUT2D eigenvalue weighted by atomic mass is 16.6. The number of carbonyl (C=O) groups is 2. The third-order valence-corrected chi connectivity index (χ3v) is 3.82. The second kappa shape index (κ2) is 4.67. The molecule has 0 aromatic heterocycles. The van der Waals surface area contributed by atoms with E-state index >= 15 is 0 Å². The summed E-state index contributed by atoms with van der Waals surface area (Å²) in [5.74, 6) is -0.774. The Balaban J connectivity index is 2.16. The van der Waals surface area contributed by atoms with E-state index in [1.54, 1.807) is 4.90 Å². The average Bonchev–Trinajstić information content (AvgIpc) is 2.81. The summed E-state index contributed by atoms with van der Waals surface area (Å²) in [7, 11) is 1.35. The van der Waals surface area contributed by atoms with Gasteiger partial charge in [0.25, 0.3) is 0 Å². The number of esters is 1. The van der Waals surface area contributed by atoms with Crippen molar-refractivity contribution >= 4 is 12.1 Å². The summed E-state index contributed by atoms with van der Waals surface area (Å²) in [5.41, 5.74) is 5.53. The van der Waals surface area contributed by atoms with Gasteiger partial charge >= 0.3 is 12.1 Å². The maximum Gasteiger partial charge on any atom is 0.410 e. The van der Waals surface area contributed by atoms with Gasteiger partial charge in [-0.05, 0) is 33.6 Å². The lowest BCUT2D eigenvalue weighted by atomic mass is 9.85. The van der Waals surface area contributed by atoms with Gasteiger partial charge in [0.15, 0.2) is 0 Å². The normalized spacial score (nSPS) is 33.4. The monoisotopic (exact) mass is 270 g/mol. The van der Waals surface area contributed by atoms with Crippen molar-refractivity contribution in [2.45, 2.75) is 57.3 Å². The second-order valence-corrected chi connectivity index (χ2v) is 6.23. The van der Waals surface area contributed by atoms with E-state index in [2.05, 4.69) is 0 Å². The number of methoxy groups -OCH3 is 1. The zero-order chi connectivity index (χ0) is 14.4. The summed E-state index contributed by atoms with van der Waals surface area (Å²) in [6, 6.07) is -0.676. The molecule has 6 nitrogen and oxygen atoms in total. The number of ether oxygens (including phenoxy) is 2. The molecular weight excluding hydrogens is 248 g/mol. The van der Waals surface area contributed by atoms with Crippen molar-refractivity contribution in [2.75, 3.05) is 7.11 Å². The Hall–Kier alpha value is -1.30. The molecule has 0 spiro atoms. The first kappa shape index (κ1) is 14.1. The first-order valence-electron chi connectivity index (χ1n) is 6.61. The van der Waals surface area contributed by atoms with Gasteiger partial charge in [0.2, 0.25) is 0 Å². The van der Waals surface area contributed by atoms with Crippen LogP contribution in [-0.4, -0.2) is 47.8 Å². The molecule has 2 rings (SSSR count). The van der Waals surface area contributed by atoms with Crippen molar-refractivity contribution in [1.29, 1.82) is 0 Å². The fourth-order valence-corrected chi connectivity index (χ4v) is 3.13. The van der Waals surface area contributed by atoms with Gasteiger partial charge in [-0.15, -0.1) is 0 Å². The molecule has 2 N–H and O–H groups in total. The molecule has 4 atom stereocenters. The topological polar surface area (TPSA) is 81.9 Å². The summed E-state index contributed by atoms with van der Waals surface area (Å²) >= 11 is 0. The third kappa shape index (κ3) is 2.41. The predicted octanol–water partition coefficient (Wildman–Crippen LogP) is 0.885. The smallest absolute Gasteiger partial charge is 0.410 e. The van der Waals surface area contributed by atoms with Crippen molar-refractivity contribution < 1.29 is 19.1 Å². The number of hydrogen-bond acceptors (Lipinski definition) is 5. The number of fused-ring (bicyclic) bond motifs is 2. The summed E-state index contributed by atoms with van der Waals surface area (Å²) in [4.78, 5) is 25.6. The van der Waals surface area contributed by atoms with Crippen molar-refractivity contribution in [3.63, 3.8) is 0 Å². The molecule has 2 aliphatic rings. The fourth-order valence-electron chi connectivity index (χ4n) is 3.13. The minimum absolute atomic E-state index is 0.121. The van der Waals surface area contributed by atoms with Gasteiger partial charge in [0, 0.05) is 6.04 Å². The number of nitrogens with zero attached hydrogens (tertiary/aromatic N) is 1. The molecule has 4 unspecified atom stereocenters. The van der Waals surface area contributed by atoms with Crippen LogP contribution >= 0.6 is 0 Å². The van der Waals surface area contributed by atoms with Crippen LogP contribution in [0.15, 0.2) is 0 Å². The zero-order valence-electron chi connectivity index (χ0n) is 11.9. The molecule has 6 heteroatoms. The van der Waals surface area contributed by atoms with Crippen LogP contribution in [0.3, 0.4) is 0 Å². The molecular formula is C13H22N2O4. The van der Waals surface area contributed by atoms with E-state index in [9.17, 15) is 9.59 Å². The van der Waals surface area contributed by atoms with Gasteiger partial charge in [-0.3, -0.25) is 9.69 Å². The predicted molar refractivity (Wildman–Crippen MR) is 68.4 cm³/mol. The highest BCUT2D eigenvalue weighted by Crippen LogP contribution is 2.42. The Morgan fingerprint density at radius 3 is 2.32 bits per heavy atom. The largest absolute Gasteiger partial charge is 0.469 e. The van der Waals surface area contributed by atoms with Crippen LogP contribution in [0.25, 0.3) is 0 Å². The van der Waals surface area contributed by atoms with E-state index in [0.717, 1.165) is 12.8 Å². The van der Waals surface area contributed by atoms with E-state index in [1.807, 2.05) is 20.8 Å². The van der Waals surface area contributed by atoms with Crippen LogP contribution in [0.5, 0.6) is 0 Å². The van der Waals surface area contributed by atoms with Gasteiger partial charge in [-0.2, -0.15) is 0 Å². The Kier molecular flexibility index (Phi) is 3.47. The molecule has 19 heavy (non-hydrogen) atoms. The van der Waals surface area contributed by atoms with E-state index in [0.29, 0.717) is 0 Å². The standard InChI is InChI=1S/C13H22N2O4/c1-13(2,3)19-12(17)15-7-5-6-8(15)10(14)9(7)11(16)18-4/h7-10H,5-6,14H2,1-4H3. The van der Waals surface area contributed by atoms with Crippen molar-refractivity contribution in [1.82, 2.24) is 4.90 Å². The van der Waals surface area contributed by atoms with Crippen molar-refractivity contribution in [2.24, 2.45) is 11.7 Å². The van der Waals surface area contributed by atoms with Gasteiger partial charge in [0.05, 0.1) is 25.1 Å². The summed E-state index contributed by atoms with van der Waals surface area (Å²) in [5, 5.41) is 0. The summed E-state index contributed by atoms with van der Waals surface area (Å²) in [6.45, 7) is 5.46. The fraction of sp³-hybridized carbons (Fsp3) is 0.846. The quantitative estimate of drug-likeness (QED) is 0.715. The Bertz CT molecular complexity index is 391. The lowest BCUT2D eigenvalue weighted by Crippen LogP contribution is -2.44. The first-order chi connectivity index (χ1) is 8.76. The zero-order valence-corrected chi connectivity index (χ0v) is 11.9. The van der Waals surface area contributed by atoms with Crippen LogP contribution < -0.4 is 5.73 Å². The minimum atomic E-state index is -0.552. The van der Waals surface area contributed by atoms with Crippen LogP contribution in [0.1, 0.15) is 33.6 Å². The lowest BCUT2D eigenvalue weighted by Gasteiger charge is -2.27. The van der Waals surface area contributed by atoms with E-state index in [4.69, 9.17) is 15.2 Å². The molecule has 2 heterocycles. The maximum atomic E-state index is 12.2. The molecule has 0 aromatic rings. The molecule has 2 bridgehead atoms. The molecule has 0 aliphatic carbocycles. The van der Waals surface area contributed by atoms with Crippen LogP contribution in [0.4, 0.5) is 4.79 Å². The number of carbonyl (C=O) groups excluding carboxylic acids is 2. The van der Waals surface area contributed by atoms with Gasteiger partial charge in [-0.1, -0.05) is 0 Å². The van der Waals surface area contributed by atoms with E-state index in [1.165, 1.54) is 7.11 Å². The Labute approximate surface area is 113 Å². The first-order valence-corrected chi connectivity index (χ1v) is 6.61. The van der Waals surface area contributed by atoms with Crippen molar-refractivity contribution in [3.8, 4) is 0 Å².